The van der Waals surface area contributed by atoms with Crippen LogP contribution in [-0.4, -0.2) is 89.0 Å². The van der Waals surface area contributed by atoms with E-state index in [-0.39, 0.29) is 5.60 Å². The molecule has 0 amide bonds. The molecule has 0 aliphatic carbocycles. The van der Waals surface area contributed by atoms with E-state index in [1.54, 1.807) is 0 Å². The van der Waals surface area contributed by atoms with Crippen LogP contribution in [0.15, 0.2) is 0 Å². The number of hydrogen-bond acceptors (Lipinski definition) is 4. The lowest BCUT2D eigenvalue weighted by Crippen LogP contribution is -2.33. The molecule has 0 saturated carbocycles. The summed E-state index contributed by atoms with van der Waals surface area (Å²) in [7, 11) is -0.491. The molecule has 0 N–H and O–H groups in total. The van der Waals surface area contributed by atoms with Crippen molar-refractivity contribution in [2.75, 3.05) is 58.9 Å². The van der Waals surface area contributed by atoms with Gasteiger partial charge in [0.2, 0.25) is 0 Å². The van der Waals surface area contributed by atoms with E-state index >= 15 is 0 Å². The minimum absolute atomic E-state index is 0.108. The van der Waals surface area contributed by atoms with Crippen LogP contribution in [0.25, 0.3) is 0 Å². The summed E-state index contributed by atoms with van der Waals surface area (Å²) in [4.78, 5) is 8.22. The third kappa shape index (κ3) is 19.9. The van der Waals surface area contributed by atoms with E-state index in [0.29, 0.717) is 5.41 Å². The zero-order valence-corrected chi connectivity index (χ0v) is 31.5. The monoisotopic (exact) mass is 598 g/mol. The normalized spacial score (nSPS) is 13.2. The molecule has 0 unspecified atom stereocenters. The van der Waals surface area contributed by atoms with Gasteiger partial charge in [0.25, 0.3) is 0 Å². The summed E-state index contributed by atoms with van der Waals surface area (Å²) in [6, 6.07) is 1.35. The van der Waals surface area contributed by atoms with E-state index in [4.69, 9.17) is 4.43 Å². The standard InChI is InChI=1S/C36H79N3OSi/c1-10-25-37(26-11-2)31-18-21-36(22-19-32-38(27-12-3)28-13-4,23-20-33-39(29-14-5)30-15-6)24-34-41-40-35(9,16-7)17-8/h10-34,41H2,1-9H3. The van der Waals surface area contributed by atoms with Crippen molar-refractivity contribution >= 4 is 9.76 Å². The van der Waals surface area contributed by atoms with Gasteiger partial charge in [-0.25, -0.2) is 0 Å². The average molecular weight is 598 g/mol. The summed E-state index contributed by atoms with van der Waals surface area (Å²) in [5, 5.41) is 0. The molecule has 0 spiro atoms. The highest BCUT2D eigenvalue weighted by atomic mass is 28.2. The molecule has 4 nitrogen and oxygen atoms in total. The third-order valence-electron chi connectivity index (χ3n) is 9.58. The fourth-order valence-electron chi connectivity index (χ4n) is 6.91. The average Bonchev–Trinajstić information content (AvgIpc) is 2.96. The summed E-state index contributed by atoms with van der Waals surface area (Å²) >= 11 is 0. The number of nitrogens with zero attached hydrogens (tertiary/aromatic N) is 3. The molecule has 0 aliphatic rings. The van der Waals surface area contributed by atoms with E-state index in [9.17, 15) is 0 Å². The Morgan fingerprint density at radius 1 is 0.463 bits per heavy atom. The molecule has 5 heteroatoms. The molecule has 0 aromatic rings. The SMILES string of the molecule is CCCN(CCC)CCCC(CCCN(CCC)CCC)(CCCN(CCC)CCC)CC[SiH2]OC(C)(CC)CC. The van der Waals surface area contributed by atoms with Crippen molar-refractivity contribution in [3.63, 3.8) is 0 Å². The van der Waals surface area contributed by atoms with Crippen LogP contribution in [0.4, 0.5) is 0 Å². The summed E-state index contributed by atoms with van der Waals surface area (Å²) in [6.07, 6.45) is 19.7. The van der Waals surface area contributed by atoms with Crippen molar-refractivity contribution < 1.29 is 4.43 Å². The van der Waals surface area contributed by atoms with Gasteiger partial charge >= 0.3 is 0 Å². The van der Waals surface area contributed by atoms with Crippen molar-refractivity contribution in [1.29, 1.82) is 0 Å². The van der Waals surface area contributed by atoms with Gasteiger partial charge in [0, 0.05) is 0 Å². The lowest BCUT2D eigenvalue weighted by atomic mass is 9.73. The summed E-state index contributed by atoms with van der Waals surface area (Å²) < 4.78 is 6.66. The quantitative estimate of drug-likeness (QED) is 0.0586. The van der Waals surface area contributed by atoms with E-state index in [2.05, 4.69) is 77.0 Å². The minimum atomic E-state index is -0.491. The maximum atomic E-state index is 6.66. The second kappa shape index (κ2) is 26.5. The van der Waals surface area contributed by atoms with Crippen LogP contribution in [0.1, 0.15) is 159 Å². The zero-order valence-electron chi connectivity index (χ0n) is 30.1. The first-order valence-corrected chi connectivity index (χ1v) is 20.2. The van der Waals surface area contributed by atoms with Crippen LogP contribution in [0.3, 0.4) is 0 Å². The van der Waals surface area contributed by atoms with Crippen molar-refractivity contribution in [3.8, 4) is 0 Å². The van der Waals surface area contributed by atoms with Crippen LogP contribution in [-0.2, 0) is 4.43 Å². The van der Waals surface area contributed by atoms with Gasteiger partial charge in [-0.3, -0.25) is 0 Å². The molecule has 0 aromatic carbocycles. The lowest BCUT2D eigenvalue weighted by molar-refractivity contribution is 0.0828. The minimum Gasteiger partial charge on any atom is -0.419 e. The first-order chi connectivity index (χ1) is 19.8. The Labute approximate surface area is 263 Å². The second-order valence-electron chi connectivity index (χ2n) is 13.4. The Morgan fingerprint density at radius 3 is 1.05 bits per heavy atom. The van der Waals surface area contributed by atoms with Crippen LogP contribution >= 0.6 is 0 Å². The largest absolute Gasteiger partial charge is 0.419 e. The predicted molar refractivity (Wildman–Crippen MR) is 189 cm³/mol. The fraction of sp³-hybridized carbons (Fsp3) is 1.00. The molecule has 0 bridgehead atoms. The maximum absolute atomic E-state index is 6.66. The van der Waals surface area contributed by atoms with Gasteiger partial charge in [-0.1, -0.05) is 55.4 Å². The molecule has 248 valence electrons. The Bertz CT molecular complexity index is 484. The molecule has 0 aliphatic heterocycles. The molecule has 0 saturated heterocycles. The van der Waals surface area contributed by atoms with E-state index in [1.807, 2.05) is 0 Å². The Morgan fingerprint density at radius 2 is 0.780 bits per heavy atom. The van der Waals surface area contributed by atoms with Gasteiger partial charge in [0.1, 0.15) is 0 Å². The molecule has 0 aromatic heterocycles. The van der Waals surface area contributed by atoms with Crippen molar-refractivity contribution in [2.45, 2.75) is 170 Å². The molecule has 0 fully saturated rings. The summed E-state index contributed by atoms with van der Waals surface area (Å²) in [5.41, 5.74) is 0.598. The number of hydrogen-bond donors (Lipinski definition) is 0. The molecule has 0 rings (SSSR count). The second-order valence-corrected chi connectivity index (χ2v) is 14.8. The van der Waals surface area contributed by atoms with Crippen LogP contribution in [0.2, 0.25) is 6.04 Å². The van der Waals surface area contributed by atoms with Gasteiger partial charge < -0.3 is 19.1 Å². The molecule has 0 atom stereocenters. The topological polar surface area (TPSA) is 19.0 Å². The van der Waals surface area contributed by atoms with Gasteiger partial charge in [0.05, 0.1) is 5.60 Å². The molecular weight excluding hydrogens is 519 g/mol. The maximum Gasteiger partial charge on any atom is 0.162 e. The van der Waals surface area contributed by atoms with Gasteiger partial charge in [0.15, 0.2) is 9.76 Å². The summed E-state index contributed by atoms with van der Waals surface area (Å²) in [5.74, 6) is 0. The highest BCUT2D eigenvalue weighted by Crippen LogP contribution is 2.40. The van der Waals surface area contributed by atoms with Gasteiger partial charge in [-0.15, -0.1) is 0 Å². The van der Waals surface area contributed by atoms with E-state index in [0.717, 1.165) is 12.8 Å². The molecular formula is C36H79N3OSi. The highest BCUT2D eigenvalue weighted by Gasteiger charge is 2.30. The third-order valence-corrected chi connectivity index (χ3v) is 11.1. The Balaban J connectivity index is 5.71. The van der Waals surface area contributed by atoms with E-state index < -0.39 is 9.76 Å². The summed E-state index contributed by atoms with van der Waals surface area (Å²) in [6.45, 7) is 32.4. The predicted octanol–water partition coefficient (Wildman–Crippen LogP) is 9.17. The molecule has 0 radical (unpaired) electrons. The lowest BCUT2D eigenvalue weighted by Gasteiger charge is -2.37. The van der Waals surface area contributed by atoms with Crippen LogP contribution < -0.4 is 0 Å². The van der Waals surface area contributed by atoms with Crippen LogP contribution in [0.5, 0.6) is 0 Å². The highest BCUT2D eigenvalue weighted by molar-refractivity contribution is 6.27. The Kier molecular flexibility index (Phi) is 26.5. The molecule has 41 heavy (non-hydrogen) atoms. The van der Waals surface area contributed by atoms with Crippen molar-refractivity contribution in [3.05, 3.63) is 0 Å². The van der Waals surface area contributed by atoms with Gasteiger partial charge in [-0.05, 0) is 174 Å². The Hall–Kier alpha value is 0.0569. The van der Waals surface area contributed by atoms with Crippen molar-refractivity contribution in [1.82, 2.24) is 14.7 Å². The zero-order chi connectivity index (χ0) is 30.8. The van der Waals surface area contributed by atoms with E-state index in [1.165, 1.54) is 148 Å². The van der Waals surface area contributed by atoms with Crippen LogP contribution in [0, 0.1) is 5.41 Å². The first kappa shape index (κ1) is 41.1. The van der Waals surface area contributed by atoms with Gasteiger partial charge in [-0.2, -0.15) is 0 Å². The molecule has 0 heterocycles. The first-order valence-electron chi connectivity index (χ1n) is 18.6. The van der Waals surface area contributed by atoms with Crippen molar-refractivity contribution in [2.24, 2.45) is 5.41 Å². The fourth-order valence-corrected chi connectivity index (χ4v) is 8.85. The number of rotatable bonds is 31. The smallest absolute Gasteiger partial charge is 0.162 e.